The molecule has 1 aromatic rings. The van der Waals surface area contributed by atoms with Crippen LogP contribution < -0.4 is 10.2 Å². The molecule has 1 amide bonds. The van der Waals surface area contributed by atoms with Crippen LogP contribution >= 0.6 is 0 Å². The number of nitrogens with zero attached hydrogens (tertiary/aromatic N) is 1. The van der Waals surface area contributed by atoms with E-state index in [1.54, 1.807) is 0 Å². The Morgan fingerprint density at radius 2 is 2.17 bits per heavy atom. The number of carbonyl (C=O) groups excluding carboxylic acids is 1. The molecule has 0 aromatic heterocycles. The molecule has 1 aromatic carbocycles. The van der Waals surface area contributed by atoms with Crippen LogP contribution in [0.15, 0.2) is 18.2 Å². The van der Waals surface area contributed by atoms with Gasteiger partial charge in [0.25, 0.3) is 0 Å². The van der Waals surface area contributed by atoms with E-state index in [2.05, 4.69) is 5.32 Å². The van der Waals surface area contributed by atoms with Gasteiger partial charge in [0.2, 0.25) is 5.91 Å². The summed E-state index contributed by atoms with van der Waals surface area (Å²) >= 11 is 0. The van der Waals surface area contributed by atoms with Crippen molar-refractivity contribution in [2.75, 3.05) is 18.0 Å². The Hall–Kier alpha value is -1.88. The van der Waals surface area contributed by atoms with Crippen molar-refractivity contribution in [2.45, 2.75) is 19.9 Å². The third-order valence-corrected chi connectivity index (χ3v) is 3.10. The van der Waals surface area contributed by atoms with Crippen LogP contribution in [0.1, 0.15) is 11.1 Å². The Kier molecular flexibility index (Phi) is 3.34. The Balaban J connectivity index is 2.46. The number of hydrogen-bond acceptors (Lipinski definition) is 3. The van der Waals surface area contributed by atoms with Crippen molar-refractivity contribution in [3.05, 3.63) is 29.3 Å². The number of piperazine rings is 1. The van der Waals surface area contributed by atoms with Gasteiger partial charge in [-0.1, -0.05) is 12.1 Å². The zero-order valence-electron chi connectivity index (χ0n) is 10.4. The van der Waals surface area contributed by atoms with E-state index in [1.807, 2.05) is 32.0 Å². The van der Waals surface area contributed by atoms with E-state index in [9.17, 15) is 14.7 Å². The second-order valence-electron chi connectivity index (χ2n) is 4.54. The number of hydrogen-bond donors (Lipinski definition) is 2. The lowest BCUT2D eigenvalue weighted by molar-refractivity contribution is -0.140. The maximum absolute atomic E-state index is 12.0. The van der Waals surface area contributed by atoms with Gasteiger partial charge in [0.15, 0.2) is 0 Å². The van der Waals surface area contributed by atoms with E-state index in [4.69, 9.17) is 0 Å². The first-order chi connectivity index (χ1) is 8.50. The minimum atomic E-state index is -0.989. The molecule has 2 rings (SSSR count). The highest BCUT2D eigenvalue weighted by Crippen LogP contribution is 2.25. The van der Waals surface area contributed by atoms with Crippen molar-refractivity contribution in [1.82, 2.24) is 5.32 Å². The highest BCUT2D eigenvalue weighted by molar-refractivity contribution is 6.02. The summed E-state index contributed by atoms with van der Waals surface area (Å²) in [4.78, 5) is 24.6. The van der Waals surface area contributed by atoms with Crippen molar-refractivity contribution in [1.29, 1.82) is 0 Å². The van der Waals surface area contributed by atoms with Crippen LogP contribution in [0.4, 0.5) is 5.69 Å². The number of nitrogens with one attached hydrogen (secondary N) is 1. The molecular formula is C13H16N2O3. The molecule has 96 valence electrons. The Morgan fingerprint density at radius 3 is 2.83 bits per heavy atom. The van der Waals surface area contributed by atoms with E-state index in [0.717, 1.165) is 11.1 Å². The van der Waals surface area contributed by atoms with E-state index in [1.165, 1.54) is 4.90 Å². The van der Waals surface area contributed by atoms with Gasteiger partial charge in [0, 0.05) is 12.2 Å². The predicted molar refractivity (Wildman–Crippen MR) is 67.7 cm³/mol. The van der Waals surface area contributed by atoms with Gasteiger partial charge in [-0.25, -0.2) is 4.79 Å². The third kappa shape index (κ3) is 2.22. The van der Waals surface area contributed by atoms with Gasteiger partial charge in [0.1, 0.15) is 6.04 Å². The fourth-order valence-electron chi connectivity index (χ4n) is 2.15. The lowest BCUT2D eigenvalue weighted by atomic mass is 10.1. The molecule has 0 saturated carbocycles. The van der Waals surface area contributed by atoms with Crippen molar-refractivity contribution < 1.29 is 14.7 Å². The summed E-state index contributed by atoms with van der Waals surface area (Å²) in [5.41, 5.74) is 2.60. The molecule has 1 fully saturated rings. The first kappa shape index (κ1) is 12.6. The average Bonchev–Trinajstić information content (AvgIpc) is 2.32. The number of anilines is 1. The Morgan fingerprint density at radius 1 is 1.44 bits per heavy atom. The second kappa shape index (κ2) is 4.78. The van der Waals surface area contributed by atoms with Gasteiger partial charge in [-0.3, -0.25) is 9.69 Å². The van der Waals surface area contributed by atoms with Crippen LogP contribution in [-0.2, 0) is 9.59 Å². The lowest BCUT2D eigenvalue weighted by Gasteiger charge is -2.34. The molecule has 1 aliphatic rings. The normalized spacial score (nSPS) is 20.0. The first-order valence-electron chi connectivity index (χ1n) is 5.83. The highest BCUT2D eigenvalue weighted by Gasteiger charge is 2.34. The predicted octanol–water partition coefficient (Wildman–Crippen LogP) is 0.693. The van der Waals surface area contributed by atoms with Crippen LogP contribution in [0.5, 0.6) is 0 Å². The number of carboxylic acid groups (broad SMARTS) is 1. The summed E-state index contributed by atoms with van der Waals surface area (Å²) in [5.74, 6) is -1.20. The number of amides is 1. The van der Waals surface area contributed by atoms with E-state index in [0.29, 0.717) is 5.69 Å². The lowest BCUT2D eigenvalue weighted by Crippen LogP contribution is -2.58. The molecular weight excluding hydrogens is 232 g/mol. The number of aliphatic carboxylic acids is 1. The molecule has 2 N–H and O–H groups in total. The zero-order chi connectivity index (χ0) is 13.3. The van der Waals surface area contributed by atoms with Crippen LogP contribution in [0.25, 0.3) is 0 Å². The number of aryl methyl sites for hydroxylation is 2. The standard InChI is InChI=1S/C13H16N2O3/c1-8-3-4-9(2)10(5-8)15-11(13(17)18)6-14-7-12(15)16/h3-5,11,14H,6-7H2,1-2H3,(H,17,18). The number of benzene rings is 1. The highest BCUT2D eigenvalue weighted by atomic mass is 16.4. The summed E-state index contributed by atoms with van der Waals surface area (Å²) in [6.45, 7) is 4.25. The molecule has 1 saturated heterocycles. The molecule has 18 heavy (non-hydrogen) atoms. The summed E-state index contributed by atoms with van der Waals surface area (Å²) < 4.78 is 0. The minimum Gasteiger partial charge on any atom is -0.480 e. The molecule has 1 unspecified atom stereocenters. The monoisotopic (exact) mass is 248 g/mol. The summed E-state index contributed by atoms with van der Waals surface area (Å²) in [6.07, 6.45) is 0. The van der Waals surface area contributed by atoms with Crippen molar-refractivity contribution in [3.63, 3.8) is 0 Å². The molecule has 5 nitrogen and oxygen atoms in total. The SMILES string of the molecule is Cc1ccc(C)c(N2C(=O)CNCC2C(=O)O)c1. The molecule has 1 aliphatic heterocycles. The van der Waals surface area contributed by atoms with E-state index in [-0.39, 0.29) is 19.0 Å². The van der Waals surface area contributed by atoms with Crippen LogP contribution in [0.2, 0.25) is 0 Å². The van der Waals surface area contributed by atoms with Crippen LogP contribution in [0, 0.1) is 13.8 Å². The molecule has 0 bridgehead atoms. The van der Waals surface area contributed by atoms with Gasteiger partial charge in [-0.15, -0.1) is 0 Å². The van der Waals surface area contributed by atoms with Crippen molar-refractivity contribution >= 4 is 17.6 Å². The maximum Gasteiger partial charge on any atom is 0.328 e. The van der Waals surface area contributed by atoms with Gasteiger partial charge < -0.3 is 10.4 Å². The fraction of sp³-hybridized carbons (Fsp3) is 0.385. The average molecular weight is 248 g/mol. The summed E-state index contributed by atoms with van der Waals surface area (Å²) in [6, 6.07) is 4.86. The van der Waals surface area contributed by atoms with Crippen molar-refractivity contribution in [2.24, 2.45) is 0 Å². The second-order valence-corrected chi connectivity index (χ2v) is 4.54. The molecule has 0 aliphatic carbocycles. The zero-order valence-corrected chi connectivity index (χ0v) is 10.4. The molecule has 5 heteroatoms. The summed E-state index contributed by atoms with van der Waals surface area (Å²) in [7, 11) is 0. The quantitative estimate of drug-likeness (QED) is 0.808. The number of carbonyl (C=O) groups is 2. The molecule has 1 heterocycles. The van der Waals surface area contributed by atoms with Gasteiger partial charge in [-0.05, 0) is 31.0 Å². The third-order valence-electron chi connectivity index (χ3n) is 3.10. The van der Waals surface area contributed by atoms with Crippen LogP contribution in [0.3, 0.4) is 0 Å². The fourth-order valence-corrected chi connectivity index (χ4v) is 2.15. The number of carboxylic acids is 1. The van der Waals surface area contributed by atoms with Crippen molar-refractivity contribution in [3.8, 4) is 0 Å². The molecule has 0 spiro atoms. The topological polar surface area (TPSA) is 69.6 Å². The first-order valence-corrected chi connectivity index (χ1v) is 5.83. The van der Waals surface area contributed by atoms with E-state index >= 15 is 0 Å². The van der Waals surface area contributed by atoms with Crippen LogP contribution in [-0.4, -0.2) is 36.1 Å². The molecule has 0 radical (unpaired) electrons. The largest absolute Gasteiger partial charge is 0.480 e. The minimum absolute atomic E-state index is 0.178. The van der Waals surface area contributed by atoms with E-state index < -0.39 is 12.0 Å². The maximum atomic E-state index is 12.0. The summed E-state index contributed by atoms with van der Waals surface area (Å²) in [5, 5.41) is 12.0. The van der Waals surface area contributed by atoms with Gasteiger partial charge >= 0.3 is 5.97 Å². The van der Waals surface area contributed by atoms with Gasteiger partial charge in [0.05, 0.1) is 6.54 Å². The Bertz CT molecular complexity index is 499. The number of rotatable bonds is 2. The Labute approximate surface area is 105 Å². The van der Waals surface area contributed by atoms with Gasteiger partial charge in [-0.2, -0.15) is 0 Å². The smallest absolute Gasteiger partial charge is 0.328 e. The molecule has 1 atom stereocenters.